The molecule has 4 nitrogen and oxygen atoms in total. The second kappa shape index (κ2) is 6.22. The molecule has 0 fully saturated rings. The number of nitrogens with one attached hydrogen (secondary N) is 1. The molecule has 0 radical (unpaired) electrons. The highest BCUT2D eigenvalue weighted by Crippen LogP contribution is 2.33. The van der Waals surface area contributed by atoms with Crippen molar-refractivity contribution in [3.05, 3.63) is 35.2 Å². The molecule has 1 aromatic carbocycles. The summed E-state index contributed by atoms with van der Waals surface area (Å²) in [5, 5.41) is 14.3. The second-order valence-electron chi connectivity index (χ2n) is 4.38. The molecule has 5 heteroatoms. The molecule has 0 unspecified atom stereocenters. The third kappa shape index (κ3) is 2.98. The first kappa shape index (κ1) is 14.1. The van der Waals surface area contributed by atoms with Gasteiger partial charge in [0.1, 0.15) is 11.1 Å². The van der Waals surface area contributed by atoms with Crippen molar-refractivity contribution in [3.8, 4) is 17.2 Å². The van der Waals surface area contributed by atoms with E-state index in [4.69, 9.17) is 11.0 Å². The van der Waals surface area contributed by atoms with Crippen molar-refractivity contribution in [2.75, 3.05) is 11.1 Å². The third-order valence-corrected chi connectivity index (χ3v) is 3.70. The summed E-state index contributed by atoms with van der Waals surface area (Å²) >= 11 is 1.36. The van der Waals surface area contributed by atoms with Crippen LogP contribution in [0.5, 0.6) is 0 Å². The number of thiophene rings is 1. The number of anilines is 2. The Bertz CT molecular complexity index is 653. The van der Waals surface area contributed by atoms with Gasteiger partial charge in [0.15, 0.2) is 0 Å². The molecule has 3 N–H and O–H groups in total. The molecule has 0 aliphatic carbocycles. The number of nitriles is 1. The Morgan fingerprint density at radius 2 is 2.10 bits per heavy atom. The van der Waals surface area contributed by atoms with Gasteiger partial charge in [0.25, 0.3) is 0 Å². The van der Waals surface area contributed by atoms with Crippen LogP contribution in [0, 0.1) is 11.3 Å². The summed E-state index contributed by atoms with van der Waals surface area (Å²) in [4.78, 5) is 11.5. The molecule has 0 spiro atoms. The third-order valence-electron chi connectivity index (χ3n) is 2.89. The maximum absolute atomic E-state index is 11.5. The molecule has 2 rings (SSSR count). The van der Waals surface area contributed by atoms with Crippen molar-refractivity contribution in [2.45, 2.75) is 19.8 Å². The average Bonchev–Trinajstić information content (AvgIpc) is 2.81. The lowest BCUT2D eigenvalue weighted by molar-refractivity contribution is -0.116. The average molecular weight is 285 g/mol. The number of carbonyl (C=O) groups excluding carboxylic acids is 1. The van der Waals surface area contributed by atoms with Gasteiger partial charge in [0.05, 0.1) is 5.56 Å². The highest BCUT2D eigenvalue weighted by atomic mass is 32.1. The lowest BCUT2D eigenvalue weighted by Gasteiger charge is -2.05. The number of nitrogen functional groups attached to an aromatic ring is 1. The molecule has 2 aromatic rings. The molecule has 0 aliphatic heterocycles. The van der Waals surface area contributed by atoms with Crippen LogP contribution in [0.25, 0.3) is 11.1 Å². The predicted molar refractivity (Wildman–Crippen MR) is 82.4 cm³/mol. The van der Waals surface area contributed by atoms with Crippen LogP contribution in [-0.4, -0.2) is 5.91 Å². The van der Waals surface area contributed by atoms with Crippen LogP contribution in [-0.2, 0) is 4.79 Å². The first-order valence-corrected chi connectivity index (χ1v) is 7.21. The maximum atomic E-state index is 11.5. The van der Waals surface area contributed by atoms with Gasteiger partial charge in [-0.15, -0.1) is 11.3 Å². The Kier molecular flexibility index (Phi) is 4.38. The van der Waals surface area contributed by atoms with Crippen LogP contribution in [0.2, 0.25) is 0 Å². The van der Waals surface area contributed by atoms with Gasteiger partial charge in [-0.2, -0.15) is 5.26 Å². The van der Waals surface area contributed by atoms with E-state index in [1.165, 1.54) is 11.3 Å². The number of benzene rings is 1. The van der Waals surface area contributed by atoms with E-state index in [1.807, 2.05) is 36.6 Å². The van der Waals surface area contributed by atoms with Crippen molar-refractivity contribution in [3.63, 3.8) is 0 Å². The summed E-state index contributed by atoms with van der Waals surface area (Å²) in [6.45, 7) is 1.97. The number of rotatable bonds is 4. The van der Waals surface area contributed by atoms with Crippen LogP contribution >= 0.6 is 11.3 Å². The number of carbonyl (C=O) groups is 1. The number of nitrogens with two attached hydrogens (primary N) is 1. The van der Waals surface area contributed by atoms with Crippen molar-refractivity contribution in [1.82, 2.24) is 0 Å². The molecule has 102 valence electrons. The molecule has 0 atom stereocenters. The molecular formula is C15H15N3OS. The minimum atomic E-state index is 0.0118. The molecule has 0 aliphatic rings. The Balaban J connectivity index is 2.20. The molecule has 20 heavy (non-hydrogen) atoms. The predicted octanol–water partition coefficient (Wildman–Crippen LogP) is 3.61. The molecule has 1 aromatic heterocycles. The number of hydrogen-bond acceptors (Lipinski definition) is 4. The normalized spacial score (nSPS) is 10.0. The number of nitrogens with zero attached hydrogens (tertiary/aromatic N) is 1. The number of amides is 1. The fourth-order valence-corrected chi connectivity index (χ4v) is 2.66. The standard InChI is InChI=1S/C15H15N3OS/c1-2-3-14(19)18-11-6-4-10(5-7-11)13-9-20-15(17)12(13)8-16/h4-7,9H,2-3,17H2,1H3,(H,18,19). The van der Waals surface area contributed by atoms with Crippen LogP contribution in [0.4, 0.5) is 10.7 Å². The smallest absolute Gasteiger partial charge is 0.224 e. The van der Waals surface area contributed by atoms with E-state index in [-0.39, 0.29) is 5.91 Å². The van der Waals surface area contributed by atoms with Crippen LogP contribution in [0.3, 0.4) is 0 Å². The maximum Gasteiger partial charge on any atom is 0.224 e. The Labute approximate surface area is 121 Å². The fraction of sp³-hybridized carbons (Fsp3) is 0.200. The highest BCUT2D eigenvalue weighted by Gasteiger charge is 2.10. The van der Waals surface area contributed by atoms with Crippen molar-refractivity contribution < 1.29 is 4.79 Å². The Morgan fingerprint density at radius 1 is 1.40 bits per heavy atom. The van der Waals surface area contributed by atoms with Crippen LogP contribution in [0.15, 0.2) is 29.6 Å². The van der Waals surface area contributed by atoms with E-state index in [2.05, 4.69) is 11.4 Å². The molecular weight excluding hydrogens is 270 g/mol. The summed E-state index contributed by atoms with van der Waals surface area (Å²) in [5.41, 5.74) is 8.78. The lowest BCUT2D eigenvalue weighted by atomic mass is 10.0. The molecule has 1 amide bonds. The van der Waals surface area contributed by atoms with Gasteiger partial charge in [0.2, 0.25) is 5.91 Å². The summed E-state index contributed by atoms with van der Waals surface area (Å²) in [5.74, 6) is 0.0118. The van der Waals surface area contributed by atoms with Gasteiger partial charge >= 0.3 is 0 Å². The van der Waals surface area contributed by atoms with E-state index in [0.29, 0.717) is 17.0 Å². The molecule has 0 bridgehead atoms. The second-order valence-corrected chi connectivity index (χ2v) is 5.29. The monoisotopic (exact) mass is 285 g/mol. The van der Waals surface area contributed by atoms with Gasteiger partial charge in [-0.3, -0.25) is 4.79 Å². The largest absolute Gasteiger partial charge is 0.389 e. The van der Waals surface area contributed by atoms with Gasteiger partial charge in [-0.05, 0) is 24.1 Å². The minimum absolute atomic E-state index is 0.0118. The summed E-state index contributed by atoms with van der Waals surface area (Å²) in [6.07, 6.45) is 1.34. The summed E-state index contributed by atoms with van der Waals surface area (Å²) < 4.78 is 0. The van der Waals surface area contributed by atoms with E-state index in [0.717, 1.165) is 23.2 Å². The van der Waals surface area contributed by atoms with E-state index < -0.39 is 0 Å². The van der Waals surface area contributed by atoms with E-state index in [9.17, 15) is 4.79 Å². The zero-order valence-corrected chi connectivity index (χ0v) is 12.0. The quantitative estimate of drug-likeness (QED) is 0.900. The SMILES string of the molecule is CCCC(=O)Nc1ccc(-c2csc(N)c2C#N)cc1. The molecule has 1 heterocycles. The van der Waals surface area contributed by atoms with E-state index >= 15 is 0 Å². The summed E-state index contributed by atoms with van der Waals surface area (Å²) in [6, 6.07) is 9.54. The molecule has 0 saturated heterocycles. The zero-order valence-electron chi connectivity index (χ0n) is 11.1. The first-order chi connectivity index (χ1) is 9.65. The van der Waals surface area contributed by atoms with Crippen molar-refractivity contribution in [1.29, 1.82) is 5.26 Å². The highest BCUT2D eigenvalue weighted by molar-refractivity contribution is 7.14. The zero-order chi connectivity index (χ0) is 14.5. The van der Waals surface area contributed by atoms with Crippen LogP contribution in [0.1, 0.15) is 25.3 Å². The van der Waals surface area contributed by atoms with Crippen LogP contribution < -0.4 is 11.1 Å². The Morgan fingerprint density at radius 3 is 2.70 bits per heavy atom. The Hall–Kier alpha value is -2.32. The van der Waals surface area contributed by atoms with Gasteiger partial charge in [-0.25, -0.2) is 0 Å². The summed E-state index contributed by atoms with van der Waals surface area (Å²) in [7, 11) is 0. The fourth-order valence-electron chi connectivity index (χ4n) is 1.88. The topological polar surface area (TPSA) is 78.9 Å². The van der Waals surface area contributed by atoms with E-state index in [1.54, 1.807) is 0 Å². The van der Waals surface area contributed by atoms with Crippen molar-refractivity contribution in [2.24, 2.45) is 0 Å². The van der Waals surface area contributed by atoms with Gasteiger partial charge < -0.3 is 11.1 Å². The first-order valence-electron chi connectivity index (χ1n) is 6.33. The van der Waals surface area contributed by atoms with Gasteiger partial charge in [-0.1, -0.05) is 19.1 Å². The van der Waals surface area contributed by atoms with Crippen molar-refractivity contribution >= 4 is 27.9 Å². The van der Waals surface area contributed by atoms with Gasteiger partial charge in [0, 0.05) is 23.1 Å². The lowest BCUT2D eigenvalue weighted by Crippen LogP contribution is -2.10. The molecule has 0 saturated carbocycles. The number of hydrogen-bond donors (Lipinski definition) is 2. The minimum Gasteiger partial charge on any atom is -0.389 e.